The number of hydrogen-bond acceptors (Lipinski definition) is 4. The van der Waals surface area contributed by atoms with Gasteiger partial charge >= 0.3 is 0 Å². The van der Waals surface area contributed by atoms with Crippen LogP contribution in [0.4, 0.5) is 20.2 Å². The first-order valence-electron chi connectivity index (χ1n) is 8.06. The average molecular weight is 406 g/mol. The molecule has 3 N–H and O–H groups in total. The smallest absolute Gasteiger partial charge is 0.279 e. The first-order valence-corrected chi connectivity index (χ1v) is 9.55. The van der Waals surface area contributed by atoms with E-state index in [9.17, 15) is 22.0 Å². The quantitative estimate of drug-likeness (QED) is 0.604. The van der Waals surface area contributed by atoms with E-state index in [4.69, 9.17) is 0 Å². The Morgan fingerprint density at radius 3 is 2.32 bits per heavy atom. The molecule has 0 unspecified atom stereocenters. The maximum absolute atomic E-state index is 13.3. The number of aryl methyl sites for hydroxylation is 2. The molecule has 0 aliphatic rings. The molecule has 1 aromatic heterocycles. The lowest BCUT2D eigenvalue weighted by Gasteiger charge is -2.10. The molecule has 0 saturated carbocycles. The van der Waals surface area contributed by atoms with E-state index in [1.165, 1.54) is 0 Å². The fourth-order valence-corrected chi connectivity index (χ4v) is 3.79. The molecule has 0 radical (unpaired) electrons. The molecule has 0 spiro atoms. The van der Waals surface area contributed by atoms with Crippen molar-refractivity contribution in [3.05, 3.63) is 70.9 Å². The second-order valence-electron chi connectivity index (χ2n) is 6.18. The van der Waals surface area contributed by atoms with Gasteiger partial charge in [-0.1, -0.05) is 6.07 Å². The molecule has 0 bridgehead atoms. The summed E-state index contributed by atoms with van der Waals surface area (Å²) >= 11 is 0. The number of benzene rings is 2. The van der Waals surface area contributed by atoms with E-state index in [1.54, 1.807) is 12.1 Å². The van der Waals surface area contributed by atoms with Crippen molar-refractivity contribution in [2.45, 2.75) is 18.9 Å². The lowest BCUT2D eigenvalue weighted by Crippen LogP contribution is -2.20. The summed E-state index contributed by atoms with van der Waals surface area (Å²) in [6.45, 7) is 3.64. The number of aromatic nitrogens is 2. The Labute approximate surface area is 159 Å². The zero-order valence-electron chi connectivity index (χ0n) is 14.9. The second-order valence-corrected chi connectivity index (χ2v) is 7.80. The van der Waals surface area contributed by atoms with Crippen molar-refractivity contribution < 1.29 is 22.0 Å². The van der Waals surface area contributed by atoms with Crippen molar-refractivity contribution in [2.24, 2.45) is 0 Å². The van der Waals surface area contributed by atoms with Crippen LogP contribution in [-0.2, 0) is 10.0 Å². The number of carbonyl (C=O) groups is 1. The molecule has 0 saturated heterocycles. The Hall–Kier alpha value is -3.27. The van der Waals surface area contributed by atoms with Gasteiger partial charge in [-0.2, -0.15) is 13.5 Å². The first kappa shape index (κ1) is 19.5. The number of nitrogens with one attached hydrogen (secondary N) is 3. The highest BCUT2D eigenvalue weighted by Crippen LogP contribution is 2.21. The van der Waals surface area contributed by atoms with Gasteiger partial charge in [0.25, 0.3) is 15.9 Å². The lowest BCUT2D eigenvalue weighted by molar-refractivity contribution is 0.102. The van der Waals surface area contributed by atoms with Crippen LogP contribution in [0, 0.1) is 25.5 Å². The van der Waals surface area contributed by atoms with Crippen LogP contribution < -0.4 is 10.0 Å². The van der Waals surface area contributed by atoms with E-state index < -0.39 is 32.6 Å². The number of sulfonamides is 1. The number of H-pyrrole nitrogens is 1. The number of anilines is 2. The van der Waals surface area contributed by atoms with Crippen molar-refractivity contribution in [3.8, 4) is 0 Å². The Morgan fingerprint density at radius 1 is 1.00 bits per heavy atom. The molecule has 0 atom stereocenters. The molecular formula is C18H16F2N4O3S. The Balaban J connectivity index is 1.87. The summed E-state index contributed by atoms with van der Waals surface area (Å²) in [5.41, 5.74) is 1.74. The maximum atomic E-state index is 13.3. The maximum Gasteiger partial charge on any atom is 0.279 e. The highest BCUT2D eigenvalue weighted by atomic mass is 32.2. The summed E-state index contributed by atoms with van der Waals surface area (Å²) in [6, 6.07) is 7.95. The van der Waals surface area contributed by atoms with Crippen LogP contribution >= 0.6 is 0 Å². The summed E-state index contributed by atoms with van der Waals surface area (Å²) < 4.78 is 54.1. The van der Waals surface area contributed by atoms with Crippen molar-refractivity contribution in [1.29, 1.82) is 0 Å². The first-order chi connectivity index (χ1) is 13.2. The van der Waals surface area contributed by atoms with Gasteiger partial charge < -0.3 is 5.32 Å². The third-order valence-corrected chi connectivity index (χ3v) is 5.12. The van der Waals surface area contributed by atoms with Crippen LogP contribution in [-0.4, -0.2) is 24.5 Å². The highest BCUT2D eigenvalue weighted by molar-refractivity contribution is 7.92. The molecule has 0 aliphatic carbocycles. The zero-order chi connectivity index (χ0) is 20.5. The van der Waals surface area contributed by atoms with E-state index in [0.29, 0.717) is 5.69 Å². The summed E-state index contributed by atoms with van der Waals surface area (Å²) in [5.74, 6) is -3.06. The third kappa shape index (κ3) is 4.17. The molecule has 0 aliphatic heterocycles. The standard InChI is InChI=1S/C18H16F2N4O3S/c1-10-5-11(2)7-13(6-10)24-28(26,27)18-14(9-21-23-18)17(25)22-12-3-4-15(19)16(20)8-12/h3-9,24H,1-2H3,(H,21,23)(H,22,25). The number of halogens is 2. The van der Waals surface area contributed by atoms with Gasteiger partial charge in [0.15, 0.2) is 16.7 Å². The number of carbonyl (C=O) groups excluding carboxylic acids is 1. The number of hydrogen-bond donors (Lipinski definition) is 3. The molecule has 3 aromatic rings. The minimum absolute atomic E-state index is 0.0317. The minimum Gasteiger partial charge on any atom is -0.322 e. The molecule has 10 heteroatoms. The van der Waals surface area contributed by atoms with Gasteiger partial charge in [-0.15, -0.1) is 0 Å². The Bertz CT molecular complexity index is 1140. The van der Waals surface area contributed by atoms with E-state index in [-0.39, 0.29) is 11.3 Å². The molecule has 1 heterocycles. The van der Waals surface area contributed by atoms with Crippen molar-refractivity contribution in [1.82, 2.24) is 10.2 Å². The topological polar surface area (TPSA) is 104 Å². The largest absolute Gasteiger partial charge is 0.322 e. The molecule has 0 fully saturated rings. The summed E-state index contributed by atoms with van der Waals surface area (Å²) in [7, 11) is -4.15. The van der Waals surface area contributed by atoms with Gasteiger partial charge in [0, 0.05) is 17.4 Å². The van der Waals surface area contributed by atoms with Crippen molar-refractivity contribution >= 4 is 27.3 Å². The van der Waals surface area contributed by atoms with Gasteiger partial charge in [0.1, 0.15) is 0 Å². The lowest BCUT2D eigenvalue weighted by atomic mass is 10.1. The zero-order valence-corrected chi connectivity index (χ0v) is 15.7. The third-order valence-electron chi connectivity index (χ3n) is 3.77. The Kier molecular flexibility index (Phi) is 5.14. The van der Waals surface area contributed by atoms with Gasteiger partial charge in [0.2, 0.25) is 0 Å². The van der Waals surface area contributed by atoms with E-state index in [2.05, 4.69) is 20.2 Å². The number of amides is 1. The molecule has 1 amide bonds. The molecule has 7 nitrogen and oxygen atoms in total. The fourth-order valence-electron chi connectivity index (χ4n) is 2.65. The van der Waals surface area contributed by atoms with Gasteiger partial charge in [0.05, 0.1) is 11.8 Å². The number of nitrogens with zero attached hydrogens (tertiary/aromatic N) is 1. The van der Waals surface area contributed by atoms with Crippen LogP contribution in [0.15, 0.2) is 47.6 Å². The fraction of sp³-hybridized carbons (Fsp3) is 0.111. The summed E-state index contributed by atoms with van der Waals surface area (Å²) in [6.07, 6.45) is 1.03. The van der Waals surface area contributed by atoms with Crippen LogP contribution in [0.3, 0.4) is 0 Å². The van der Waals surface area contributed by atoms with Crippen molar-refractivity contribution in [3.63, 3.8) is 0 Å². The highest BCUT2D eigenvalue weighted by Gasteiger charge is 2.25. The number of rotatable bonds is 5. The molecule has 28 heavy (non-hydrogen) atoms. The van der Waals surface area contributed by atoms with E-state index in [0.717, 1.165) is 35.5 Å². The number of aromatic amines is 1. The van der Waals surface area contributed by atoms with Crippen LogP contribution in [0.1, 0.15) is 21.5 Å². The monoisotopic (exact) mass is 406 g/mol. The minimum atomic E-state index is -4.15. The van der Waals surface area contributed by atoms with Gasteiger partial charge in [-0.05, 0) is 49.2 Å². The van der Waals surface area contributed by atoms with Crippen LogP contribution in [0.2, 0.25) is 0 Å². The van der Waals surface area contributed by atoms with Gasteiger partial charge in [-0.3, -0.25) is 14.6 Å². The van der Waals surface area contributed by atoms with E-state index >= 15 is 0 Å². The molecule has 146 valence electrons. The summed E-state index contributed by atoms with van der Waals surface area (Å²) in [4.78, 5) is 12.4. The molecule has 2 aromatic carbocycles. The molecule has 3 rings (SSSR count). The predicted octanol–water partition coefficient (Wildman–Crippen LogP) is 3.36. The predicted molar refractivity (Wildman–Crippen MR) is 99.6 cm³/mol. The Morgan fingerprint density at radius 2 is 1.68 bits per heavy atom. The van der Waals surface area contributed by atoms with Gasteiger partial charge in [-0.25, -0.2) is 8.78 Å². The molecular weight excluding hydrogens is 390 g/mol. The van der Waals surface area contributed by atoms with E-state index in [1.807, 2.05) is 19.9 Å². The normalized spacial score (nSPS) is 11.3. The average Bonchev–Trinajstić information content (AvgIpc) is 3.07. The van der Waals surface area contributed by atoms with Crippen molar-refractivity contribution in [2.75, 3.05) is 10.0 Å². The van der Waals surface area contributed by atoms with Crippen LogP contribution in [0.5, 0.6) is 0 Å². The second kappa shape index (κ2) is 7.39. The van der Waals surface area contributed by atoms with Crippen LogP contribution in [0.25, 0.3) is 0 Å². The SMILES string of the molecule is Cc1cc(C)cc(NS(=O)(=O)c2[nH]ncc2C(=O)Nc2ccc(F)c(F)c2)c1. The summed E-state index contributed by atoms with van der Waals surface area (Å²) in [5, 5.41) is 7.76.